The number of nitrogens with zero attached hydrogens (tertiary/aromatic N) is 1. The van der Waals surface area contributed by atoms with Crippen molar-refractivity contribution in [2.75, 3.05) is 19.6 Å². The van der Waals surface area contributed by atoms with Gasteiger partial charge in [-0.1, -0.05) is 25.0 Å². The van der Waals surface area contributed by atoms with Crippen LogP contribution in [0.2, 0.25) is 0 Å². The smallest absolute Gasteiger partial charge is 0.317 e. The van der Waals surface area contributed by atoms with Crippen molar-refractivity contribution in [2.24, 2.45) is 11.8 Å². The van der Waals surface area contributed by atoms with Crippen molar-refractivity contribution in [3.63, 3.8) is 0 Å². The highest BCUT2D eigenvalue weighted by atomic mass is 16.4. The first-order valence-electron chi connectivity index (χ1n) is 7.35. The largest absolute Gasteiger partial charge is 0.481 e. The summed E-state index contributed by atoms with van der Waals surface area (Å²) in [5, 5.41) is 12.1. The fourth-order valence-electron chi connectivity index (χ4n) is 2.76. The Labute approximate surface area is 121 Å². The molecule has 1 rings (SSSR count). The lowest BCUT2D eigenvalue weighted by molar-refractivity contribution is -0.144. The second-order valence-electron chi connectivity index (χ2n) is 5.65. The minimum Gasteiger partial charge on any atom is -0.481 e. The van der Waals surface area contributed by atoms with Crippen LogP contribution >= 0.6 is 0 Å². The first-order chi connectivity index (χ1) is 9.45. The predicted molar refractivity (Wildman–Crippen MR) is 78.5 cm³/mol. The Bertz CT molecular complexity index is 368. The highest BCUT2D eigenvalue weighted by Gasteiger charge is 2.31. The Morgan fingerprint density at radius 2 is 2.00 bits per heavy atom. The Balaban J connectivity index is 2.49. The number of nitrogens with one attached hydrogen (secondary N) is 1. The van der Waals surface area contributed by atoms with Crippen molar-refractivity contribution in [1.82, 2.24) is 10.2 Å². The lowest BCUT2D eigenvalue weighted by atomic mass is 9.79. The summed E-state index contributed by atoms with van der Waals surface area (Å²) in [6, 6.07) is -0.134. The van der Waals surface area contributed by atoms with Crippen LogP contribution in [0.25, 0.3) is 0 Å². The molecular weight excluding hydrogens is 256 g/mol. The summed E-state index contributed by atoms with van der Waals surface area (Å²) < 4.78 is 0. The summed E-state index contributed by atoms with van der Waals surface area (Å²) in [6.45, 7) is 9.22. The van der Waals surface area contributed by atoms with E-state index < -0.39 is 5.97 Å². The fraction of sp³-hybridized carbons (Fsp3) is 0.733. The molecule has 0 aromatic carbocycles. The molecule has 0 aliphatic heterocycles. The second kappa shape index (κ2) is 7.92. The molecule has 2 N–H and O–H groups in total. The number of hydrogen-bond acceptors (Lipinski definition) is 2. The maximum atomic E-state index is 12.1. The minimum absolute atomic E-state index is 0.0498. The monoisotopic (exact) mass is 282 g/mol. The lowest BCUT2D eigenvalue weighted by Gasteiger charge is -2.30. The summed E-state index contributed by atoms with van der Waals surface area (Å²) in [7, 11) is 0. The summed E-state index contributed by atoms with van der Waals surface area (Å²) in [5.74, 6) is -1.01. The molecule has 0 radical (unpaired) electrons. The maximum absolute atomic E-state index is 12.1. The number of carbonyl (C=O) groups is 2. The molecule has 0 spiro atoms. The molecule has 1 saturated carbocycles. The third-order valence-electron chi connectivity index (χ3n) is 3.87. The van der Waals surface area contributed by atoms with E-state index in [0.717, 1.165) is 31.3 Å². The molecule has 1 aliphatic carbocycles. The highest BCUT2D eigenvalue weighted by Crippen LogP contribution is 2.29. The third-order valence-corrected chi connectivity index (χ3v) is 3.87. The maximum Gasteiger partial charge on any atom is 0.317 e. The first kappa shape index (κ1) is 16.5. The summed E-state index contributed by atoms with van der Waals surface area (Å²) in [6.07, 6.45) is 3.62. The number of likely N-dealkylation sites (N-methyl/N-ethyl adjacent to an activating group) is 1. The van der Waals surface area contributed by atoms with Crippen LogP contribution in [0.5, 0.6) is 0 Å². The van der Waals surface area contributed by atoms with E-state index in [-0.39, 0.29) is 17.9 Å². The number of urea groups is 1. The number of aliphatic carboxylic acids is 1. The zero-order chi connectivity index (χ0) is 15.1. The van der Waals surface area contributed by atoms with Gasteiger partial charge in [-0.05, 0) is 32.6 Å². The van der Waals surface area contributed by atoms with Crippen molar-refractivity contribution in [1.29, 1.82) is 0 Å². The van der Waals surface area contributed by atoms with Crippen LogP contribution in [0.1, 0.15) is 39.5 Å². The fourth-order valence-corrected chi connectivity index (χ4v) is 2.76. The molecule has 20 heavy (non-hydrogen) atoms. The van der Waals surface area contributed by atoms with Gasteiger partial charge < -0.3 is 15.3 Å². The molecule has 5 heteroatoms. The molecular formula is C15H26N2O3. The molecule has 0 aromatic rings. The number of hydrogen-bond donors (Lipinski definition) is 2. The Morgan fingerprint density at radius 3 is 2.55 bits per heavy atom. The molecule has 0 heterocycles. The van der Waals surface area contributed by atoms with E-state index in [0.29, 0.717) is 19.6 Å². The zero-order valence-electron chi connectivity index (χ0n) is 12.5. The Kier molecular flexibility index (Phi) is 6.55. The van der Waals surface area contributed by atoms with Gasteiger partial charge in [-0.25, -0.2) is 4.79 Å². The topological polar surface area (TPSA) is 69.6 Å². The van der Waals surface area contributed by atoms with Gasteiger partial charge in [-0.15, -0.1) is 0 Å². The summed E-state index contributed by atoms with van der Waals surface area (Å²) in [5.41, 5.74) is 0.933. The van der Waals surface area contributed by atoms with E-state index in [9.17, 15) is 14.7 Å². The number of rotatable bonds is 6. The van der Waals surface area contributed by atoms with Gasteiger partial charge in [-0.2, -0.15) is 0 Å². The van der Waals surface area contributed by atoms with Crippen LogP contribution in [0.4, 0.5) is 4.79 Å². The number of carbonyl (C=O) groups excluding carboxylic acids is 1. The molecule has 2 amide bonds. The van der Waals surface area contributed by atoms with Crippen molar-refractivity contribution < 1.29 is 14.7 Å². The molecule has 114 valence electrons. The first-order valence-corrected chi connectivity index (χ1v) is 7.35. The van der Waals surface area contributed by atoms with Crippen molar-refractivity contribution in [3.8, 4) is 0 Å². The quantitative estimate of drug-likeness (QED) is 0.735. The summed E-state index contributed by atoms with van der Waals surface area (Å²) in [4.78, 5) is 24.9. The van der Waals surface area contributed by atoms with Crippen molar-refractivity contribution in [3.05, 3.63) is 12.2 Å². The van der Waals surface area contributed by atoms with E-state index in [1.807, 2.05) is 13.8 Å². The van der Waals surface area contributed by atoms with Gasteiger partial charge >= 0.3 is 12.0 Å². The van der Waals surface area contributed by atoms with E-state index in [4.69, 9.17) is 0 Å². The molecule has 1 fully saturated rings. The Hall–Kier alpha value is -1.52. The minimum atomic E-state index is -0.738. The molecule has 2 atom stereocenters. The number of carboxylic acid groups (broad SMARTS) is 1. The molecule has 0 aromatic heterocycles. The average Bonchev–Trinajstić information content (AvgIpc) is 2.42. The van der Waals surface area contributed by atoms with Crippen LogP contribution in [-0.4, -0.2) is 41.6 Å². The molecule has 5 nitrogen and oxygen atoms in total. The molecule has 2 unspecified atom stereocenters. The normalized spacial score (nSPS) is 22.1. The van der Waals surface area contributed by atoms with Gasteiger partial charge in [0.1, 0.15) is 0 Å². The third kappa shape index (κ3) is 4.87. The van der Waals surface area contributed by atoms with E-state index >= 15 is 0 Å². The van der Waals surface area contributed by atoms with Crippen LogP contribution in [0.15, 0.2) is 12.2 Å². The van der Waals surface area contributed by atoms with Crippen LogP contribution in [0, 0.1) is 11.8 Å². The molecule has 0 bridgehead atoms. The average molecular weight is 282 g/mol. The van der Waals surface area contributed by atoms with Gasteiger partial charge in [0, 0.05) is 19.6 Å². The lowest BCUT2D eigenvalue weighted by Crippen LogP contribution is -2.44. The second-order valence-corrected chi connectivity index (χ2v) is 5.65. The van der Waals surface area contributed by atoms with Crippen LogP contribution < -0.4 is 5.32 Å². The van der Waals surface area contributed by atoms with Gasteiger partial charge in [0.25, 0.3) is 0 Å². The molecule has 0 saturated heterocycles. The Morgan fingerprint density at radius 1 is 1.35 bits per heavy atom. The van der Waals surface area contributed by atoms with Crippen molar-refractivity contribution >= 4 is 12.0 Å². The SMILES string of the molecule is C=C(C)CN(CC)C(=O)NCC1CCCCC1C(=O)O. The van der Waals surface area contributed by atoms with Gasteiger partial charge in [0.2, 0.25) is 0 Å². The highest BCUT2D eigenvalue weighted by molar-refractivity contribution is 5.75. The predicted octanol–water partition coefficient (Wildman–Crippen LogP) is 2.49. The van der Waals surface area contributed by atoms with Gasteiger partial charge in [0.05, 0.1) is 5.92 Å². The van der Waals surface area contributed by atoms with E-state index in [2.05, 4.69) is 11.9 Å². The van der Waals surface area contributed by atoms with Crippen molar-refractivity contribution in [2.45, 2.75) is 39.5 Å². The van der Waals surface area contributed by atoms with Gasteiger partial charge in [-0.3, -0.25) is 4.79 Å². The number of carboxylic acids is 1. The molecule has 1 aliphatic rings. The van der Waals surface area contributed by atoms with Crippen LogP contribution in [-0.2, 0) is 4.79 Å². The number of amides is 2. The zero-order valence-corrected chi connectivity index (χ0v) is 12.5. The standard InChI is InChI=1S/C15H26N2O3/c1-4-17(10-11(2)3)15(20)16-9-12-7-5-6-8-13(12)14(18)19/h12-13H,2,4-10H2,1,3H3,(H,16,20)(H,18,19). The van der Waals surface area contributed by atoms with E-state index in [1.165, 1.54) is 0 Å². The summed E-state index contributed by atoms with van der Waals surface area (Å²) >= 11 is 0. The van der Waals surface area contributed by atoms with Gasteiger partial charge in [0.15, 0.2) is 0 Å². The van der Waals surface area contributed by atoms with Crippen LogP contribution in [0.3, 0.4) is 0 Å². The van der Waals surface area contributed by atoms with E-state index in [1.54, 1.807) is 4.90 Å².